The minimum absolute atomic E-state index is 0.191. The number of hydrogen-bond donors (Lipinski definition) is 2. The number of rotatable bonds is 5. The van der Waals surface area contributed by atoms with E-state index in [-0.39, 0.29) is 17.9 Å². The summed E-state index contributed by atoms with van der Waals surface area (Å²) in [4.78, 5) is 12.5. The van der Waals surface area contributed by atoms with Crippen molar-refractivity contribution in [1.29, 1.82) is 0 Å². The van der Waals surface area contributed by atoms with Crippen LogP contribution in [0.1, 0.15) is 60.0 Å². The number of nitrogens with one attached hydrogen (secondary N) is 2. The van der Waals surface area contributed by atoms with Gasteiger partial charge in [0.25, 0.3) is 5.91 Å². The summed E-state index contributed by atoms with van der Waals surface area (Å²) in [5.41, 5.74) is 3.34. The Kier molecular flexibility index (Phi) is 5.46. The molecule has 0 radical (unpaired) electrons. The number of halogens is 1. The number of aryl methyl sites for hydroxylation is 1. The Balaban J connectivity index is 2.22. The SMILES string of the molecule is COc1ccc(C)cc1C(C)NC(=O)c1n[nH]c(C(C)C)c1Br. The Bertz CT molecular complexity index is 710. The summed E-state index contributed by atoms with van der Waals surface area (Å²) in [6.45, 7) is 8.02. The van der Waals surface area contributed by atoms with Crippen LogP contribution in [0, 0.1) is 6.92 Å². The molecule has 1 unspecified atom stereocenters. The van der Waals surface area contributed by atoms with Gasteiger partial charge in [0.2, 0.25) is 0 Å². The zero-order valence-electron chi connectivity index (χ0n) is 14.0. The maximum absolute atomic E-state index is 12.5. The largest absolute Gasteiger partial charge is 0.496 e. The predicted molar refractivity (Wildman–Crippen MR) is 94.0 cm³/mol. The topological polar surface area (TPSA) is 67.0 Å². The fraction of sp³-hybridized carbons (Fsp3) is 0.412. The first-order valence-corrected chi connectivity index (χ1v) is 8.33. The third kappa shape index (κ3) is 3.75. The maximum Gasteiger partial charge on any atom is 0.273 e. The van der Waals surface area contributed by atoms with Gasteiger partial charge in [0.1, 0.15) is 5.75 Å². The summed E-state index contributed by atoms with van der Waals surface area (Å²) in [6.07, 6.45) is 0. The quantitative estimate of drug-likeness (QED) is 0.821. The molecule has 0 fully saturated rings. The number of amides is 1. The van der Waals surface area contributed by atoms with Crippen LogP contribution < -0.4 is 10.1 Å². The molecule has 0 bridgehead atoms. The summed E-state index contributed by atoms with van der Waals surface area (Å²) in [5.74, 6) is 0.788. The van der Waals surface area contributed by atoms with Crippen LogP contribution in [0.25, 0.3) is 0 Å². The van der Waals surface area contributed by atoms with Crippen LogP contribution in [0.15, 0.2) is 22.7 Å². The van der Waals surface area contributed by atoms with Gasteiger partial charge < -0.3 is 10.1 Å². The lowest BCUT2D eigenvalue weighted by atomic mass is 10.0. The number of aromatic nitrogens is 2. The summed E-state index contributed by atoms with van der Waals surface area (Å²) < 4.78 is 6.10. The van der Waals surface area contributed by atoms with Crippen molar-refractivity contribution in [2.24, 2.45) is 0 Å². The van der Waals surface area contributed by atoms with Crippen LogP contribution in [0.2, 0.25) is 0 Å². The summed E-state index contributed by atoms with van der Waals surface area (Å²) in [6, 6.07) is 5.72. The van der Waals surface area contributed by atoms with E-state index in [1.807, 2.05) is 45.9 Å². The van der Waals surface area contributed by atoms with Crippen LogP contribution in [-0.2, 0) is 0 Å². The van der Waals surface area contributed by atoms with Gasteiger partial charge in [-0.25, -0.2) is 0 Å². The normalized spacial score (nSPS) is 12.3. The minimum atomic E-state index is -0.226. The number of H-pyrrole nitrogens is 1. The highest BCUT2D eigenvalue weighted by molar-refractivity contribution is 9.10. The van der Waals surface area contributed by atoms with Crippen LogP contribution in [0.3, 0.4) is 0 Å². The molecule has 6 heteroatoms. The molecule has 1 atom stereocenters. The Morgan fingerprint density at radius 3 is 2.61 bits per heavy atom. The van der Waals surface area contributed by atoms with Gasteiger partial charge in [-0.3, -0.25) is 9.89 Å². The molecule has 2 N–H and O–H groups in total. The second kappa shape index (κ2) is 7.17. The average Bonchev–Trinajstić information content (AvgIpc) is 2.89. The molecule has 23 heavy (non-hydrogen) atoms. The van der Waals surface area contributed by atoms with Gasteiger partial charge in [0, 0.05) is 5.56 Å². The number of nitrogens with zero attached hydrogens (tertiary/aromatic N) is 1. The summed E-state index contributed by atoms with van der Waals surface area (Å²) in [7, 11) is 1.63. The van der Waals surface area contributed by atoms with Gasteiger partial charge in [-0.2, -0.15) is 5.10 Å². The van der Waals surface area contributed by atoms with E-state index in [0.717, 1.165) is 22.6 Å². The molecule has 2 rings (SSSR count). The molecule has 1 heterocycles. The third-order valence-electron chi connectivity index (χ3n) is 3.72. The summed E-state index contributed by atoms with van der Waals surface area (Å²) in [5, 5.41) is 10.0. The lowest BCUT2D eigenvalue weighted by molar-refractivity contribution is 0.0933. The molecule has 124 valence electrons. The highest BCUT2D eigenvalue weighted by Gasteiger charge is 2.22. The van der Waals surface area contributed by atoms with Crippen LogP contribution >= 0.6 is 15.9 Å². The molecule has 0 aliphatic heterocycles. The van der Waals surface area contributed by atoms with Crippen molar-refractivity contribution in [3.8, 4) is 5.75 Å². The van der Waals surface area contributed by atoms with Gasteiger partial charge in [-0.05, 0) is 41.8 Å². The number of ether oxygens (including phenoxy) is 1. The Hall–Kier alpha value is -1.82. The van der Waals surface area contributed by atoms with Crippen molar-refractivity contribution in [3.63, 3.8) is 0 Å². The monoisotopic (exact) mass is 379 g/mol. The zero-order chi connectivity index (χ0) is 17.1. The molecular formula is C17H22BrN3O2. The molecule has 1 aromatic carbocycles. The average molecular weight is 380 g/mol. The third-order valence-corrected chi connectivity index (χ3v) is 4.53. The summed E-state index contributed by atoms with van der Waals surface area (Å²) >= 11 is 3.46. The fourth-order valence-corrected chi connectivity index (χ4v) is 3.22. The van der Waals surface area contributed by atoms with E-state index in [1.165, 1.54) is 0 Å². The van der Waals surface area contributed by atoms with Gasteiger partial charge in [-0.15, -0.1) is 0 Å². The van der Waals surface area contributed by atoms with E-state index in [9.17, 15) is 4.79 Å². The molecule has 2 aromatic rings. The number of aromatic amines is 1. The first-order valence-electron chi connectivity index (χ1n) is 7.54. The smallest absolute Gasteiger partial charge is 0.273 e. The molecule has 0 spiro atoms. The zero-order valence-corrected chi connectivity index (χ0v) is 15.6. The lowest BCUT2D eigenvalue weighted by Crippen LogP contribution is -2.27. The molecule has 5 nitrogen and oxygen atoms in total. The number of hydrogen-bond acceptors (Lipinski definition) is 3. The van der Waals surface area contributed by atoms with Crippen LogP contribution in [-0.4, -0.2) is 23.2 Å². The number of carbonyl (C=O) groups is 1. The van der Waals surface area contributed by atoms with Crippen molar-refractivity contribution < 1.29 is 9.53 Å². The van der Waals surface area contributed by atoms with E-state index < -0.39 is 0 Å². The second-order valence-corrected chi connectivity index (χ2v) is 6.69. The molecule has 1 aromatic heterocycles. The molecule has 1 amide bonds. The molecule has 0 aliphatic rings. The van der Waals surface area contributed by atoms with Crippen molar-refractivity contribution in [3.05, 3.63) is 45.2 Å². The van der Waals surface area contributed by atoms with E-state index in [0.29, 0.717) is 10.2 Å². The highest BCUT2D eigenvalue weighted by Crippen LogP contribution is 2.28. The lowest BCUT2D eigenvalue weighted by Gasteiger charge is -2.17. The Morgan fingerprint density at radius 2 is 2.04 bits per heavy atom. The van der Waals surface area contributed by atoms with Crippen molar-refractivity contribution in [2.75, 3.05) is 7.11 Å². The van der Waals surface area contributed by atoms with E-state index >= 15 is 0 Å². The minimum Gasteiger partial charge on any atom is -0.496 e. The fourth-order valence-electron chi connectivity index (χ4n) is 2.41. The van der Waals surface area contributed by atoms with Gasteiger partial charge in [0.05, 0.1) is 23.3 Å². The number of methoxy groups -OCH3 is 1. The van der Waals surface area contributed by atoms with E-state index in [2.05, 4.69) is 31.4 Å². The molecule has 0 saturated heterocycles. The number of carbonyl (C=O) groups excluding carboxylic acids is 1. The second-order valence-electron chi connectivity index (χ2n) is 5.90. The Labute approximate surface area is 144 Å². The maximum atomic E-state index is 12.5. The number of benzene rings is 1. The Morgan fingerprint density at radius 1 is 1.35 bits per heavy atom. The first-order chi connectivity index (χ1) is 10.8. The van der Waals surface area contributed by atoms with Gasteiger partial charge in [-0.1, -0.05) is 31.5 Å². The molecule has 0 saturated carbocycles. The van der Waals surface area contributed by atoms with E-state index in [4.69, 9.17) is 4.74 Å². The molecular weight excluding hydrogens is 358 g/mol. The van der Waals surface area contributed by atoms with Crippen LogP contribution in [0.4, 0.5) is 0 Å². The van der Waals surface area contributed by atoms with Gasteiger partial charge in [0.15, 0.2) is 5.69 Å². The van der Waals surface area contributed by atoms with Crippen molar-refractivity contribution in [1.82, 2.24) is 15.5 Å². The standard InChI is InChI=1S/C17H22BrN3O2/c1-9(2)15-14(18)16(21-20-15)17(22)19-11(4)12-8-10(3)6-7-13(12)23-5/h6-9,11H,1-5H3,(H,19,22)(H,20,21). The first kappa shape index (κ1) is 17.5. The van der Waals surface area contributed by atoms with Crippen LogP contribution in [0.5, 0.6) is 5.75 Å². The predicted octanol–water partition coefficient (Wildman–Crippen LogP) is 4.10. The van der Waals surface area contributed by atoms with E-state index in [1.54, 1.807) is 7.11 Å². The van der Waals surface area contributed by atoms with Crippen molar-refractivity contribution >= 4 is 21.8 Å². The molecule has 0 aliphatic carbocycles. The van der Waals surface area contributed by atoms with Gasteiger partial charge >= 0.3 is 0 Å². The van der Waals surface area contributed by atoms with Crippen molar-refractivity contribution in [2.45, 2.75) is 39.7 Å². The highest BCUT2D eigenvalue weighted by atomic mass is 79.9.